The molecule has 0 atom stereocenters. The molecular weight excluding hydrogens is 352 g/mol. The quantitative estimate of drug-likeness (QED) is 0.760. The molecule has 3 aromatic rings. The lowest BCUT2D eigenvalue weighted by molar-refractivity contribution is -0.131. The van der Waals surface area contributed by atoms with Gasteiger partial charge in [0.15, 0.2) is 0 Å². The second-order valence-corrected chi connectivity index (χ2v) is 7.26. The van der Waals surface area contributed by atoms with Crippen LogP contribution in [0.25, 0.3) is 10.9 Å². The Morgan fingerprint density at radius 1 is 1.11 bits per heavy atom. The Labute approximate surface area is 163 Å². The number of carbonyl (C=O) groups excluding carboxylic acids is 1. The van der Waals surface area contributed by atoms with Crippen LogP contribution in [0.4, 0.5) is 5.82 Å². The molecule has 0 spiro atoms. The summed E-state index contributed by atoms with van der Waals surface area (Å²) in [5, 5.41) is 1.01. The zero-order chi connectivity index (χ0) is 19.5. The number of fused-ring (bicyclic) bond motifs is 1. The SMILES string of the molecule is Cc1cc2cc(CCC(=O)N3CCN(c4ccccn4)CC3)ccc2[nH]c1=O. The van der Waals surface area contributed by atoms with Crippen LogP contribution in [0, 0.1) is 6.92 Å². The van der Waals surface area contributed by atoms with Crippen molar-refractivity contribution < 1.29 is 4.79 Å². The van der Waals surface area contributed by atoms with Gasteiger partial charge in [-0.1, -0.05) is 12.1 Å². The van der Waals surface area contributed by atoms with Crippen molar-refractivity contribution in [2.45, 2.75) is 19.8 Å². The zero-order valence-electron chi connectivity index (χ0n) is 16.0. The van der Waals surface area contributed by atoms with Crippen LogP contribution < -0.4 is 10.5 Å². The maximum Gasteiger partial charge on any atom is 0.251 e. The van der Waals surface area contributed by atoms with Crippen molar-refractivity contribution in [1.82, 2.24) is 14.9 Å². The normalized spacial score (nSPS) is 14.5. The molecule has 144 valence electrons. The largest absolute Gasteiger partial charge is 0.353 e. The van der Waals surface area contributed by atoms with E-state index in [2.05, 4.69) is 20.9 Å². The van der Waals surface area contributed by atoms with Gasteiger partial charge in [0.25, 0.3) is 5.56 Å². The number of hydrogen-bond acceptors (Lipinski definition) is 4. The molecule has 2 aromatic heterocycles. The second-order valence-electron chi connectivity index (χ2n) is 7.26. The molecule has 0 aliphatic carbocycles. The van der Waals surface area contributed by atoms with E-state index in [4.69, 9.17) is 0 Å². The standard InChI is InChI=1S/C22H24N4O2/c1-16-14-18-15-17(5-7-19(18)24-22(16)28)6-8-21(27)26-12-10-25(11-13-26)20-4-2-3-9-23-20/h2-5,7,9,14-15H,6,8,10-13H2,1H3,(H,24,28). The number of aromatic nitrogens is 2. The highest BCUT2D eigenvalue weighted by Crippen LogP contribution is 2.17. The maximum atomic E-state index is 12.6. The van der Waals surface area contributed by atoms with Crippen molar-refractivity contribution in [1.29, 1.82) is 0 Å². The lowest BCUT2D eigenvalue weighted by atomic mass is 10.0. The van der Waals surface area contributed by atoms with Gasteiger partial charge in [0, 0.05) is 49.9 Å². The number of nitrogens with zero attached hydrogens (tertiary/aromatic N) is 3. The van der Waals surface area contributed by atoms with E-state index in [1.54, 1.807) is 13.1 Å². The number of H-pyrrole nitrogens is 1. The van der Waals surface area contributed by atoms with E-state index in [0.717, 1.165) is 48.5 Å². The van der Waals surface area contributed by atoms with E-state index in [1.807, 2.05) is 41.3 Å². The number of rotatable bonds is 4. The van der Waals surface area contributed by atoms with Gasteiger partial charge in [0.1, 0.15) is 5.82 Å². The first-order valence-corrected chi connectivity index (χ1v) is 9.66. The number of hydrogen-bond donors (Lipinski definition) is 1. The van der Waals surface area contributed by atoms with Gasteiger partial charge >= 0.3 is 0 Å². The predicted octanol–water partition coefficient (Wildman–Crippen LogP) is 2.51. The average Bonchev–Trinajstić information content (AvgIpc) is 2.73. The number of aromatic amines is 1. The number of nitrogens with one attached hydrogen (secondary N) is 1. The molecule has 1 amide bonds. The highest BCUT2D eigenvalue weighted by molar-refractivity contribution is 5.80. The Balaban J connectivity index is 1.34. The van der Waals surface area contributed by atoms with Crippen LogP contribution in [0.3, 0.4) is 0 Å². The highest BCUT2D eigenvalue weighted by atomic mass is 16.2. The van der Waals surface area contributed by atoms with Crippen molar-refractivity contribution >= 4 is 22.6 Å². The third-order valence-corrected chi connectivity index (χ3v) is 5.33. The van der Waals surface area contributed by atoms with Crippen molar-refractivity contribution in [2.75, 3.05) is 31.1 Å². The van der Waals surface area contributed by atoms with Crippen LogP contribution in [0.1, 0.15) is 17.5 Å². The summed E-state index contributed by atoms with van der Waals surface area (Å²) in [5.74, 6) is 1.16. The summed E-state index contributed by atoms with van der Waals surface area (Å²) in [4.78, 5) is 35.8. The molecule has 6 nitrogen and oxygen atoms in total. The van der Waals surface area contributed by atoms with E-state index >= 15 is 0 Å². The molecule has 28 heavy (non-hydrogen) atoms. The van der Waals surface area contributed by atoms with Gasteiger partial charge in [-0.15, -0.1) is 0 Å². The summed E-state index contributed by atoms with van der Waals surface area (Å²) in [7, 11) is 0. The first-order chi connectivity index (χ1) is 13.6. The molecule has 1 aromatic carbocycles. The van der Waals surface area contributed by atoms with Gasteiger partial charge in [0.05, 0.1) is 0 Å². The number of amides is 1. The number of carbonyl (C=O) groups is 1. The van der Waals surface area contributed by atoms with Crippen LogP contribution in [0.2, 0.25) is 0 Å². The number of anilines is 1. The Morgan fingerprint density at radius 3 is 2.68 bits per heavy atom. The van der Waals surface area contributed by atoms with Crippen molar-refractivity contribution in [3.05, 3.63) is 70.1 Å². The summed E-state index contributed by atoms with van der Waals surface area (Å²) < 4.78 is 0. The fourth-order valence-electron chi connectivity index (χ4n) is 3.66. The monoisotopic (exact) mass is 376 g/mol. The Kier molecular flexibility index (Phi) is 5.10. The molecule has 1 N–H and O–H groups in total. The number of benzene rings is 1. The molecule has 0 radical (unpaired) electrons. The minimum Gasteiger partial charge on any atom is -0.353 e. The molecule has 1 aliphatic rings. The van der Waals surface area contributed by atoms with E-state index in [-0.39, 0.29) is 11.5 Å². The highest BCUT2D eigenvalue weighted by Gasteiger charge is 2.21. The Bertz CT molecular complexity index is 1040. The first-order valence-electron chi connectivity index (χ1n) is 9.66. The lowest BCUT2D eigenvalue weighted by Crippen LogP contribution is -2.49. The van der Waals surface area contributed by atoms with Gasteiger partial charge in [-0.05, 0) is 54.6 Å². The zero-order valence-corrected chi connectivity index (χ0v) is 16.0. The van der Waals surface area contributed by atoms with Crippen LogP contribution in [-0.2, 0) is 11.2 Å². The average molecular weight is 376 g/mol. The summed E-state index contributed by atoms with van der Waals surface area (Å²) in [6.07, 6.45) is 3.00. The second kappa shape index (κ2) is 7.84. The Morgan fingerprint density at radius 2 is 1.93 bits per heavy atom. The number of piperazine rings is 1. The molecule has 3 heterocycles. The van der Waals surface area contributed by atoms with Crippen LogP contribution in [-0.4, -0.2) is 47.0 Å². The van der Waals surface area contributed by atoms with Gasteiger partial charge in [-0.25, -0.2) is 4.98 Å². The van der Waals surface area contributed by atoms with E-state index in [0.29, 0.717) is 18.4 Å². The minimum atomic E-state index is -0.0553. The molecule has 1 fully saturated rings. The van der Waals surface area contributed by atoms with E-state index < -0.39 is 0 Å². The predicted molar refractivity (Wildman–Crippen MR) is 111 cm³/mol. The van der Waals surface area contributed by atoms with Crippen molar-refractivity contribution in [3.63, 3.8) is 0 Å². The van der Waals surface area contributed by atoms with Crippen LogP contribution >= 0.6 is 0 Å². The summed E-state index contributed by atoms with van der Waals surface area (Å²) in [6.45, 7) is 4.89. The topological polar surface area (TPSA) is 69.3 Å². The molecular formula is C22H24N4O2. The molecule has 0 unspecified atom stereocenters. The first kappa shape index (κ1) is 18.2. The van der Waals surface area contributed by atoms with Crippen LogP contribution in [0.15, 0.2) is 53.5 Å². The maximum absolute atomic E-state index is 12.6. The van der Waals surface area contributed by atoms with Crippen molar-refractivity contribution in [2.24, 2.45) is 0 Å². The molecule has 0 bridgehead atoms. The molecule has 0 saturated carbocycles. The van der Waals surface area contributed by atoms with Gasteiger partial charge in [-0.2, -0.15) is 0 Å². The van der Waals surface area contributed by atoms with Gasteiger partial charge < -0.3 is 14.8 Å². The molecule has 1 aliphatic heterocycles. The van der Waals surface area contributed by atoms with E-state index in [9.17, 15) is 9.59 Å². The third kappa shape index (κ3) is 3.91. The fourth-order valence-corrected chi connectivity index (χ4v) is 3.66. The van der Waals surface area contributed by atoms with Gasteiger partial charge in [-0.3, -0.25) is 9.59 Å². The fraction of sp³-hybridized carbons (Fsp3) is 0.318. The smallest absolute Gasteiger partial charge is 0.251 e. The summed E-state index contributed by atoms with van der Waals surface area (Å²) >= 11 is 0. The lowest BCUT2D eigenvalue weighted by Gasteiger charge is -2.35. The molecule has 4 rings (SSSR count). The molecule has 6 heteroatoms. The number of pyridine rings is 2. The number of aryl methyl sites for hydroxylation is 2. The van der Waals surface area contributed by atoms with Crippen molar-refractivity contribution in [3.8, 4) is 0 Å². The van der Waals surface area contributed by atoms with E-state index in [1.165, 1.54) is 0 Å². The van der Waals surface area contributed by atoms with Crippen LogP contribution in [0.5, 0.6) is 0 Å². The summed E-state index contributed by atoms with van der Waals surface area (Å²) in [5.41, 5.74) is 2.59. The molecule has 1 saturated heterocycles. The minimum absolute atomic E-state index is 0.0553. The summed E-state index contributed by atoms with van der Waals surface area (Å²) in [6, 6.07) is 13.8. The Hall–Kier alpha value is -3.15. The third-order valence-electron chi connectivity index (χ3n) is 5.33. The van der Waals surface area contributed by atoms with Gasteiger partial charge in [0.2, 0.25) is 5.91 Å².